The molecule has 1 aromatic heterocycles. The fourth-order valence-electron chi connectivity index (χ4n) is 3.53. The van der Waals surface area contributed by atoms with Crippen LogP contribution in [0.4, 0.5) is 9.93 Å². The summed E-state index contributed by atoms with van der Waals surface area (Å²) >= 11 is 7.30. The van der Waals surface area contributed by atoms with Crippen LogP contribution in [0.1, 0.15) is 28.8 Å². The average molecular weight is 493 g/mol. The Morgan fingerprint density at radius 2 is 1.91 bits per heavy atom. The first kappa shape index (κ1) is 22.7. The summed E-state index contributed by atoms with van der Waals surface area (Å²) in [5.41, 5.74) is 1.72. The Morgan fingerprint density at radius 1 is 1.16 bits per heavy atom. The van der Waals surface area contributed by atoms with Crippen LogP contribution in [0.5, 0.6) is 0 Å². The molecule has 0 saturated carbocycles. The number of sulfone groups is 1. The standard InChI is InChI=1S/C21H21ClN4O4S2/c1-32(29,30)14-5-7-17-18(11-14)31-21(23-17)25-20(28)24-19(27)15-10-13(4-6-16(15)22)12-26-8-2-3-9-26/h4-7,10-11H,2-3,8-9,12H2,1H3,(H2,23,24,25,27,28). The van der Waals surface area contributed by atoms with Gasteiger partial charge >= 0.3 is 6.03 Å². The number of aromatic nitrogens is 1. The number of nitrogens with zero attached hydrogens (tertiary/aromatic N) is 2. The third-order valence-electron chi connectivity index (χ3n) is 5.12. The Hall–Kier alpha value is -2.53. The van der Waals surface area contributed by atoms with Gasteiger partial charge in [0.1, 0.15) is 0 Å². The van der Waals surface area contributed by atoms with Gasteiger partial charge in [-0.15, -0.1) is 0 Å². The zero-order valence-electron chi connectivity index (χ0n) is 17.2. The number of urea groups is 1. The van der Waals surface area contributed by atoms with Crippen LogP contribution in [-0.4, -0.2) is 49.6 Å². The van der Waals surface area contributed by atoms with E-state index in [1.807, 2.05) is 6.07 Å². The molecular formula is C21H21ClN4O4S2. The first-order valence-corrected chi connectivity index (χ1v) is 13.0. The molecule has 0 atom stereocenters. The lowest BCUT2D eigenvalue weighted by atomic mass is 10.1. The van der Waals surface area contributed by atoms with Gasteiger partial charge in [0.05, 0.1) is 25.7 Å². The number of rotatable bonds is 5. The number of halogens is 1. The van der Waals surface area contributed by atoms with Gasteiger partial charge in [0.25, 0.3) is 5.91 Å². The summed E-state index contributed by atoms with van der Waals surface area (Å²) in [5, 5.41) is 5.29. The van der Waals surface area contributed by atoms with Gasteiger partial charge in [-0.1, -0.05) is 29.0 Å². The highest BCUT2D eigenvalue weighted by molar-refractivity contribution is 7.90. The molecule has 0 aliphatic carbocycles. The van der Waals surface area contributed by atoms with Crippen LogP contribution in [0.15, 0.2) is 41.3 Å². The van der Waals surface area contributed by atoms with Crippen LogP contribution in [0, 0.1) is 0 Å². The van der Waals surface area contributed by atoms with Crippen LogP contribution >= 0.6 is 22.9 Å². The van der Waals surface area contributed by atoms with Crippen molar-refractivity contribution >= 4 is 60.1 Å². The third kappa shape index (κ3) is 5.26. The van der Waals surface area contributed by atoms with E-state index < -0.39 is 21.8 Å². The molecule has 32 heavy (non-hydrogen) atoms. The lowest BCUT2D eigenvalue weighted by Crippen LogP contribution is -2.34. The highest BCUT2D eigenvalue weighted by Crippen LogP contribution is 2.28. The summed E-state index contributed by atoms with van der Waals surface area (Å²) in [6.45, 7) is 2.78. The molecule has 2 N–H and O–H groups in total. The summed E-state index contributed by atoms with van der Waals surface area (Å²) < 4.78 is 24.0. The zero-order valence-corrected chi connectivity index (χ0v) is 19.6. The first-order chi connectivity index (χ1) is 15.2. The second kappa shape index (κ2) is 9.14. The van der Waals surface area contributed by atoms with Gasteiger partial charge in [-0.25, -0.2) is 18.2 Å². The van der Waals surface area contributed by atoms with Crippen LogP contribution in [0.2, 0.25) is 5.02 Å². The smallest absolute Gasteiger partial charge is 0.299 e. The number of carbonyl (C=O) groups is 2. The van der Waals surface area contributed by atoms with Gasteiger partial charge in [-0.2, -0.15) is 0 Å². The molecule has 1 fully saturated rings. The monoisotopic (exact) mass is 492 g/mol. The van der Waals surface area contributed by atoms with Crippen molar-refractivity contribution in [3.8, 4) is 0 Å². The normalized spacial score (nSPS) is 14.6. The summed E-state index contributed by atoms with van der Waals surface area (Å²) in [7, 11) is -3.35. The number of likely N-dealkylation sites (tertiary alicyclic amines) is 1. The van der Waals surface area contributed by atoms with E-state index in [-0.39, 0.29) is 20.6 Å². The fraction of sp³-hybridized carbons (Fsp3) is 0.286. The molecule has 0 bridgehead atoms. The van der Waals surface area contributed by atoms with E-state index in [9.17, 15) is 18.0 Å². The molecule has 0 unspecified atom stereocenters. The number of hydrogen-bond donors (Lipinski definition) is 2. The number of nitrogens with one attached hydrogen (secondary N) is 2. The molecule has 1 aliphatic heterocycles. The van der Waals surface area contributed by atoms with Crippen molar-refractivity contribution in [1.29, 1.82) is 0 Å². The Bertz CT molecular complexity index is 1300. The molecule has 3 aromatic rings. The number of thiazole rings is 1. The van der Waals surface area contributed by atoms with Gasteiger partial charge in [-0.3, -0.25) is 20.3 Å². The molecule has 8 nitrogen and oxygen atoms in total. The summed E-state index contributed by atoms with van der Waals surface area (Å²) in [4.78, 5) is 31.7. The SMILES string of the molecule is CS(=O)(=O)c1ccc2nc(NC(=O)NC(=O)c3cc(CN4CCCC4)ccc3Cl)sc2c1. The number of benzene rings is 2. The van der Waals surface area contributed by atoms with Crippen LogP contribution < -0.4 is 10.6 Å². The Kier molecular flexibility index (Phi) is 6.47. The maximum absolute atomic E-state index is 12.6. The quantitative estimate of drug-likeness (QED) is 0.559. The fourth-order valence-corrected chi connectivity index (χ4v) is 5.36. The molecule has 4 rings (SSSR count). The predicted molar refractivity (Wildman–Crippen MR) is 125 cm³/mol. The second-order valence-corrected chi connectivity index (χ2v) is 11.1. The van der Waals surface area contributed by atoms with Crippen molar-refractivity contribution in [3.63, 3.8) is 0 Å². The molecule has 0 spiro atoms. The number of amides is 3. The van der Waals surface area contributed by atoms with Gasteiger partial charge in [0.15, 0.2) is 15.0 Å². The number of fused-ring (bicyclic) bond motifs is 1. The molecule has 168 valence electrons. The van der Waals surface area contributed by atoms with E-state index in [0.717, 1.165) is 42.8 Å². The van der Waals surface area contributed by atoms with E-state index in [1.165, 1.54) is 25.0 Å². The van der Waals surface area contributed by atoms with E-state index in [4.69, 9.17) is 11.6 Å². The minimum Gasteiger partial charge on any atom is -0.299 e. The molecule has 3 amide bonds. The number of anilines is 1. The van der Waals surface area contributed by atoms with Crippen molar-refractivity contribution in [2.24, 2.45) is 0 Å². The summed E-state index contributed by atoms with van der Waals surface area (Å²) in [5.74, 6) is -0.615. The summed E-state index contributed by atoms with van der Waals surface area (Å²) in [6, 6.07) is 9.02. The molecule has 2 heterocycles. The van der Waals surface area contributed by atoms with Crippen molar-refractivity contribution in [2.45, 2.75) is 24.3 Å². The minimum atomic E-state index is -3.35. The largest absolute Gasteiger partial charge is 0.327 e. The van der Waals surface area contributed by atoms with E-state index in [0.29, 0.717) is 10.2 Å². The number of hydrogen-bond acceptors (Lipinski definition) is 7. The highest BCUT2D eigenvalue weighted by Gasteiger charge is 2.18. The van der Waals surface area contributed by atoms with Gasteiger partial charge in [0.2, 0.25) is 0 Å². The molecule has 11 heteroatoms. The Balaban J connectivity index is 1.44. The van der Waals surface area contributed by atoms with E-state index in [2.05, 4.69) is 20.5 Å². The lowest BCUT2D eigenvalue weighted by molar-refractivity contribution is 0.0967. The van der Waals surface area contributed by atoms with Crippen LogP contribution in [0.25, 0.3) is 10.2 Å². The van der Waals surface area contributed by atoms with Crippen LogP contribution in [0.3, 0.4) is 0 Å². The number of carbonyl (C=O) groups excluding carboxylic acids is 2. The maximum Gasteiger partial charge on any atom is 0.327 e. The van der Waals surface area contributed by atoms with Crippen LogP contribution in [-0.2, 0) is 16.4 Å². The van der Waals surface area contributed by atoms with Crippen molar-refractivity contribution < 1.29 is 18.0 Å². The first-order valence-electron chi connectivity index (χ1n) is 9.93. The van der Waals surface area contributed by atoms with Crippen molar-refractivity contribution in [2.75, 3.05) is 24.7 Å². The average Bonchev–Trinajstić information content (AvgIpc) is 3.37. The lowest BCUT2D eigenvalue weighted by Gasteiger charge is -2.15. The second-order valence-electron chi connectivity index (χ2n) is 7.63. The zero-order chi connectivity index (χ0) is 22.9. The third-order valence-corrected chi connectivity index (χ3v) is 7.49. The molecule has 1 saturated heterocycles. The van der Waals surface area contributed by atoms with Gasteiger partial charge in [-0.05, 0) is 61.8 Å². The molecule has 1 aliphatic rings. The molecule has 0 radical (unpaired) electrons. The van der Waals surface area contributed by atoms with Crippen molar-refractivity contribution in [3.05, 3.63) is 52.5 Å². The van der Waals surface area contributed by atoms with Gasteiger partial charge in [0, 0.05) is 12.8 Å². The van der Waals surface area contributed by atoms with E-state index in [1.54, 1.807) is 18.2 Å². The van der Waals surface area contributed by atoms with Crippen molar-refractivity contribution in [1.82, 2.24) is 15.2 Å². The highest BCUT2D eigenvalue weighted by atomic mass is 35.5. The van der Waals surface area contributed by atoms with Gasteiger partial charge < -0.3 is 0 Å². The summed E-state index contributed by atoms with van der Waals surface area (Å²) in [6.07, 6.45) is 3.46. The molecular weight excluding hydrogens is 472 g/mol. The van der Waals surface area contributed by atoms with E-state index >= 15 is 0 Å². The Labute approximate surface area is 194 Å². The topological polar surface area (TPSA) is 108 Å². The Morgan fingerprint density at radius 3 is 2.62 bits per heavy atom. The predicted octanol–water partition coefficient (Wildman–Crippen LogP) is 3.91. The maximum atomic E-state index is 12.6. The molecule has 2 aromatic carbocycles. The number of imide groups is 1. The minimum absolute atomic E-state index is 0.170.